The molecule has 1 unspecified atom stereocenters. The standard InChI is InChI=1S/C12H16ClNS/c1-8(14)12(5-6-12)10-7-9(15-2)3-4-11(10)13/h3-4,7-8H,5-6,14H2,1-2H3. The zero-order valence-electron chi connectivity index (χ0n) is 9.09. The van der Waals surface area contributed by atoms with Gasteiger partial charge in [0.05, 0.1) is 0 Å². The summed E-state index contributed by atoms with van der Waals surface area (Å²) < 4.78 is 0. The van der Waals surface area contributed by atoms with Gasteiger partial charge in [-0.05, 0) is 49.8 Å². The van der Waals surface area contributed by atoms with Crippen LogP contribution in [0, 0.1) is 0 Å². The summed E-state index contributed by atoms with van der Waals surface area (Å²) >= 11 is 8.00. The van der Waals surface area contributed by atoms with E-state index in [1.807, 2.05) is 6.07 Å². The Morgan fingerprint density at radius 3 is 2.60 bits per heavy atom. The molecular weight excluding hydrogens is 226 g/mol. The molecule has 1 fully saturated rings. The van der Waals surface area contributed by atoms with Crippen LogP contribution in [0.1, 0.15) is 25.3 Å². The summed E-state index contributed by atoms with van der Waals surface area (Å²) in [7, 11) is 0. The third kappa shape index (κ3) is 1.91. The Hall–Kier alpha value is -0.180. The van der Waals surface area contributed by atoms with Gasteiger partial charge in [-0.25, -0.2) is 0 Å². The Morgan fingerprint density at radius 2 is 2.13 bits per heavy atom. The van der Waals surface area contributed by atoms with Gasteiger partial charge in [0.15, 0.2) is 0 Å². The summed E-state index contributed by atoms with van der Waals surface area (Å²) in [6.07, 6.45) is 4.42. The first kappa shape index (κ1) is 11.3. The Balaban J connectivity index is 2.43. The van der Waals surface area contributed by atoms with Gasteiger partial charge < -0.3 is 5.73 Å². The molecule has 0 saturated heterocycles. The van der Waals surface area contributed by atoms with Crippen molar-refractivity contribution < 1.29 is 0 Å². The minimum atomic E-state index is 0.156. The van der Waals surface area contributed by atoms with Crippen molar-refractivity contribution in [2.24, 2.45) is 5.73 Å². The molecule has 1 saturated carbocycles. The number of hydrogen-bond acceptors (Lipinski definition) is 2. The molecule has 0 radical (unpaired) electrons. The number of rotatable bonds is 3. The number of benzene rings is 1. The summed E-state index contributed by atoms with van der Waals surface area (Å²) in [4.78, 5) is 1.27. The first-order valence-corrected chi connectivity index (χ1v) is 6.80. The molecule has 1 atom stereocenters. The van der Waals surface area contributed by atoms with E-state index in [2.05, 4.69) is 25.3 Å². The van der Waals surface area contributed by atoms with Crippen LogP contribution < -0.4 is 5.73 Å². The Bertz CT molecular complexity index is 372. The molecule has 0 aromatic heterocycles. The molecule has 82 valence electrons. The highest BCUT2D eigenvalue weighted by atomic mass is 35.5. The van der Waals surface area contributed by atoms with Crippen molar-refractivity contribution in [1.82, 2.24) is 0 Å². The van der Waals surface area contributed by atoms with E-state index in [-0.39, 0.29) is 11.5 Å². The quantitative estimate of drug-likeness (QED) is 0.821. The lowest BCUT2D eigenvalue weighted by molar-refractivity contribution is 0.556. The van der Waals surface area contributed by atoms with Gasteiger partial charge in [0.25, 0.3) is 0 Å². The van der Waals surface area contributed by atoms with Crippen LogP contribution in [0.3, 0.4) is 0 Å². The normalized spacial score (nSPS) is 20.0. The number of thioether (sulfide) groups is 1. The van der Waals surface area contributed by atoms with Gasteiger partial charge >= 0.3 is 0 Å². The van der Waals surface area contributed by atoms with Gasteiger partial charge in [-0.2, -0.15) is 0 Å². The maximum absolute atomic E-state index is 6.26. The molecule has 0 amide bonds. The van der Waals surface area contributed by atoms with Crippen molar-refractivity contribution in [2.45, 2.75) is 36.1 Å². The van der Waals surface area contributed by atoms with E-state index in [1.165, 1.54) is 23.3 Å². The molecule has 0 aliphatic heterocycles. The van der Waals surface area contributed by atoms with Gasteiger partial charge in [0.2, 0.25) is 0 Å². The minimum Gasteiger partial charge on any atom is -0.327 e. The van der Waals surface area contributed by atoms with Crippen molar-refractivity contribution in [3.05, 3.63) is 28.8 Å². The number of halogens is 1. The first-order valence-electron chi connectivity index (χ1n) is 5.20. The molecule has 15 heavy (non-hydrogen) atoms. The lowest BCUT2D eigenvalue weighted by Gasteiger charge is -2.21. The van der Waals surface area contributed by atoms with E-state index in [1.54, 1.807) is 11.8 Å². The summed E-state index contributed by atoms with van der Waals surface area (Å²) in [6.45, 7) is 2.08. The van der Waals surface area contributed by atoms with Crippen molar-refractivity contribution in [3.63, 3.8) is 0 Å². The van der Waals surface area contributed by atoms with Crippen LogP contribution in [-0.4, -0.2) is 12.3 Å². The van der Waals surface area contributed by atoms with Gasteiger partial charge in [-0.3, -0.25) is 0 Å². The van der Waals surface area contributed by atoms with Crippen LogP contribution in [0.2, 0.25) is 5.02 Å². The SMILES string of the molecule is CSc1ccc(Cl)c(C2(C(C)N)CC2)c1. The molecular formula is C12H16ClNS. The summed E-state index contributed by atoms with van der Waals surface area (Å²) in [5.41, 5.74) is 7.46. The average molecular weight is 242 g/mol. The van der Waals surface area contributed by atoms with Gasteiger partial charge in [0.1, 0.15) is 0 Å². The van der Waals surface area contributed by atoms with E-state index in [4.69, 9.17) is 17.3 Å². The molecule has 2 rings (SSSR count). The number of nitrogens with two attached hydrogens (primary N) is 1. The zero-order chi connectivity index (χ0) is 11.1. The van der Waals surface area contributed by atoms with Crippen molar-refractivity contribution in [3.8, 4) is 0 Å². The monoisotopic (exact) mass is 241 g/mol. The maximum Gasteiger partial charge on any atom is 0.0445 e. The second-order valence-corrected chi connectivity index (χ2v) is 5.58. The Labute approximate surface area is 100 Å². The molecule has 1 nitrogen and oxygen atoms in total. The highest BCUT2D eigenvalue weighted by Crippen LogP contribution is 2.52. The highest BCUT2D eigenvalue weighted by molar-refractivity contribution is 7.98. The van der Waals surface area contributed by atoms with E-state index in [0.717, 1.165) is 5.02 Å². The predicted octanol–water partition coefficient (Wildman–Crippen LogP) is 3.44. The van der Waals surface area contributed by atoms with Crippen LogP contribution in [-0.2, 0) is 5.41 Å². The Kier molecular flexibility index (Phi) is 3.02. The van der Waals surface area contributed by atoms with Crippen LogP contribution >= 0.6 is 23.4 Å². The van der Waals surface area contributed by atoms with E-state index >= 15 is 0 Å². The number of hydrogen-bond donors (Lipinski definition) is 1. The fourth-order valence-electron chi connectivity index (χ4n) is 2.12. The van der Waals surface area contributed by atoms with Gasteiger partial charge in [0, 0.05) is 21.4 Å². The topological polar surface area (TPSA) is 26.0 Å². The van der Waals surface area contributed by atoms with E-state index < -0.39 is 0 Å². The lowest BCUT2D eigenvalue weighted by Crippen LogP contribution is -2.31. The second-order valence-electron chi connectivity index (χ2n) is 4.29. The summed E-state index contributed by atoms with van der Waals surface area (Å²) in [5, 5.41) is 0.864. The second kappa shape index (κ2) is 4.00. The van der Waals surface area contributed by atoms with Gasteiger partial charge in [-0.1, -0.05) is 11.6 Å². The first-order chi connectivity index (χ1) is 7.10. The van der Waals surface area contributed by atoms with Crippen LogP contribution in [0.15, 0.2) is 23.1 Å². The van der Waals surface area contributed by atoms with Crippen molar-refractivity contribution >= 4 is 23.4 Å². The minimum absolute atomic E-state index is 0.156. The lowest BCUT2D eigenvalue weighted by atomic mass is 9.89. The van der Waals surface area contributed by atoms with Crippen molar-refractivity contribution in [2.75, 3.05) is 6.26 Å². The summed E-state index contributed by atoms with van der Waals surface area (Å²) in [6, 6.07) is 6.44. The molecule has 1 aliphatic carbocycles. The molecule has 0 heterocycles. The van der Waals surface area contributed by atoms with Crippen LogP contribution in [0.5, 0.6) is 0 Å². The molecule has 0 spiro atoms. The smallest absolute Gasteiger partial charge is 0.0445 e. The maximum atomic E-state index is 6.26. The predicted molar refractivity (Wildman–Crippen MR) is 67.8 cm³/mol. The Morgan fingerprint density at radius 1 is 1.47 bits per heavy atom. The van der Waals surface area contributed by atoms with Crippen LogP contribution in [0.25, 0.3) is 0 Å². The zero-order valence-corrected chi connectivity index (χ0v) is 10.7. The molecule has 1 aliphatic rings. The molecule has 1 aromatic carbocycles. The summed E-state index contributed by atoms with van der Waals surface area (Å²) in [5.74, 6) is 0. The third-order valence-electron chi connectivity index (χ3n) is 3.37. The van der Waals surface area contributed by atoms with Gasteiger partial charge in [-0.15, -0.1) is 11.8 Å². The largest absolute Gasteiger partial charge is 0.327 e. The average Bonchev–Trinajstić information content (AvgIpc) is 2.99. The van der Waals surface area contributed by atoms with E-state index in [0.29, 0.717) is 0 Å². The molecule has 3 heteroatoms. The fourth-order valence-corrected chi connectivity index (χ4v) is 2.86. The van der Waals surface area contributed by atoms with E-state index in [9.17, 15) is 0 Å². The molecule has 1 aromatic rings. The highest BCUT2D eigenvalue weighted by Gasteiger charge is 2.48. The third-order valence-corrected chi connectivity index (χ3v) is 4.43. The van der Waals surface area contributed by atoms with Crippen LogP contribution in [0.4, 0.5) is 0 Å². The molecule has 0 bridgehead atoms. The fraction of sp³-hybridized carbons (Fsp3) is 0.500. The van der Waals surface area contributed by atoms with Crippen molar-refractivity contribution in [1.29, 1.82) is 0 Å². The molecule has 2 N–H and O–H groups in total.